The van der Waals surface area contributed by atoms with E-state index >= 15 is 0 Å². The Balaban J connectivity index is 1.87. The standard InChI is InChI=1S/C15H19NO5/c17-14(18)7-6-13-11-20-9-8-16(13)15(19)21-10-12-4-2-1-3-5-12/h1-5,13H,6-11H2,(H,17,18)/t13-/m0/s1. The maximum absolute atomic E-state index is 12.1. The van der Waals surface area contributed by atoms with Crippen LogP contribution >= 0.6 is 0 Å². The number of carboxylic acid groups (broad SMARTS) is 1. The minimum Gasteiger partial charge on any atom is -0.481 e. The third kappa shape index (κ3) is 4.75. The first-order valence-electron chi connectivity index (χ1n) is 6.93. The van der Waals surface area contributed by atoms with Crippen molar-refractivity contribution in [2.24, 2.45) is 0 Å². The van der Waals surface area contributed by atoms with Crippen LogP contribution in [0.15, 0.2) is 30.3 Å². The quantitative estimate of drug-likeness (QED) is 0.897. The van der Waals surface area contributed by atoms with E-state index in [0.717, 1.165) is 5.56 Å². The van der Waals surface area contributed by atoms with Crippen LogP contribution in [0.3, 0.4) is 0 Å². The molecule has 1 saturated heterocycles. The molecule has 1 aliphatic rings. The van der Waals surface area contributed by atoms with Crippen molar-refractivity contribution in [3.05, 3.63) is 35.9 Å². The Morgan fingerprint density at radius 3 is 2.81 bits per heavy atom. The molecule has 0 unspecified atom stereocenters. The number of aliphatic carboxylic acids is 1. The van der Waals surface area contributed by atoms with E-state index in [2.05, 4.69) is 0 Å². The van der Waals surface area contributed by atoms with Crippen molar-refractivity contribution in [3.63, 3.8) is 0 Å². The van der Waals surface area contributed by atoms with Crippen LogP contribution in [0.25, 0.3) is 0 Å². The lowest BCUT2D eigenvalue weighted by Crippen LogP contribution is -2.49. The number of hydrogen-bond donors (Lipinski definition) is 1. The number of hydrogen-bond acceptors (Lipinski definition) is 4. The van der Waals surface area contributed by atoms with Gasteiger partial charge in [0.2, 0.25) is 0 Å². The molecule has 6 heteroatoms. The summed E-state index contributed by atoms with van der Waals surface area (Å²) in [6.45, 7) is 1.44. The fourth-order valence-electron chi connectivity index (χ4n) is 2.23. The molecular weight excluding hydrogens is 274 g/mol. The van der Waals surface area contributed by atoms with Crippen LogP contribution in [-0.4, -0.2) is 47.9 Å². The fourth-order valence-corrected chi connectivity index (χ4v) is 2.23. The number of morpholine rings is 1. The molecule has 1 atom stereocenters. The Hall–Kier alpha value is -2.08. The maximum Gasteiger partial charge on any atom is 0.410 e. The Morgan fingerprint density at radius 1 is 1.33 bits per heavy atom. The maximum atomic E-state index is 12.1. The average molecular weight is 293 g/mol. The largest absolute Gasteiger partial charge is 0.481 e. The summed E-state index contributed by atoms with van der Waals surface area (Å²) in [5, 5.41) is 8.75. The molecule has 114 valence electrons. The third-order valence-electron chi connectivity index (χ3n) is 3.36. The molecule has 2 rings (SSSR count). The van der Waals surface area contributed by atoms with E-state index in [4.69, 9.17) is 14.6 Å². The highest BCUT2D eigenvalue weighted by molar-refractivity contribution is 5.69. The Morgan fingerprint density at radius 2 is 2.10 bits per heavy atom. The SMILES string of the molecule is O=C(O)CC[C@H]1COCCN1C(=O)OCc1ccccc1. The first-order chi connectivity index (χ1) is 10.2. The van der Waals surface area contributed by atoms with Crippen LogP contribution in [0.4, 0.5) is 4.79 Å². The molecule has 1 aromatic carbocycles. The van der Waals surface area contributed by atoms with Gasteiger partial charge in [0, 0.05) is 13.0 Å². The van der Waals surface area contributed by atoms with Crippen molar-refractivity contribution in [2.45, 2.75) is 25.5 Å². The number of carboxylic acids is 1. The second-order valence-electron chi connectivity index (χ2n) is 4.89. The Kier molecular flexibility index (Phi) is 5.57. The van der Waals surface area contributed by atoms with E-state index in [0.29, 0.717) is 26.2 Å². The predicted octanol–water partition coefficient (Wildman–Crippen LogP) is 1.89. The van der Waals surface area contributed by atoms with E-state index < -0.39 is 12.1 Å². The normalized spacial score (nSPS) is 18.3. The zero-order valence-electron chi connectivity index (χ0n) is 11.7. The van der Waals surface area contributed by atoms with Crippen molar-refractivity contribution >= 4 is 12.1 Å². The summed E-state index contributed by atoms with van der Waals surface area (Å²) < 4.78 is 10.6. The van der Waals surface area contributed by atoms with Gasteiger partial charge in [-0.3, -0.25) is 4.79 Å². The molecule has 1 fully saturated rings. The smallest absolute Gasteiger partial charge is 0.410 e. The van der Waals surface area contributed by atoms with Gasteiger partial charge >= 0.3 is 12.1 Å². The molecule has 6 nitrogen and oxygen atoms in total. The lowest BCUT2D eigenvalue weighted by molar-refractivity contribution is -0.137. The summed E-state index contributed by atoms with van der Waals surface area (Å²) in [6, 6.07) is 9.19. The molecule has 1 heterocycles. The van der Waals surface area contributed by atoms with E-state index in [9.17, 15) is 9.59 Å². The van der Waals surface area contributed by atoms with Crippen LogP contribution in [-0.2, 0) is 20.9 Å². The number of amides is 1. The van der Waals surface area contributed by atoms with Gasteiger partial charge < -0.3 is 19.5 Å². The summed E-state index contributed by atoms with van der Waals surface area (Å²) in [5.41, 5.74) is 0.918. The van der Waals surface area contributed by atoms with E-state index in [1.165, 1.54) is 0 Å². The minimum absolute atomic E-state index is 0.0104. The molecule has 0 radical (unpaired) electrons. The Labute approximate surface area is 123 Å². The van der Waals surface area contributed by atoms with Gasteiger partial charge in [-0.2, -0.15) is 0 Å². The number of carbonyl (C=O) groups excluding carboxylic acids is 1. The molecule has 0 bridgehead atoms. The second-order valence-corrected chi connectivity index (χ2v) is 4.89. The molecule has 0 spiro atoms. The average Bonchev–Trinajstić information content (AvgIpc) is 2.52. The molecule has 1 amide bonds. The molecule has 0 aromatic heterocycles. The topological polar surface area (TPSA) is 76.1 Å². The summed E-state index contributed by atoms with van der Waals surface area (Å²) in [5.74, 6) is -0.877. The number of nitrogens with zero attached hydrogens (tertiary/aromatic N) is 1. The zero-order chi connectivity index (χ0) is 15.1. The Bertz CT molecular complexity index is 476. The fraction of sp³-hybridized carbons (Fsp3) is 0.467. The predicted molar refractivity (Wildman–Crippen MR) is 74.8 cm³/mol. The van der Waals surface area contributed by atoms with Crippen LogP contribution in [0.2, 0.25) is 0 Å². The lowest BCUT2D eigenvalue weighted by atomic mass is 10.1. The lowest BCUT2D eigenvalue weighted by Gasteiger charge is -2.34. The summed E-state index contributed by atoms with van der Waals surface area (Å²) in [6.07, 6.45) is -0.0377. The van der Waals surface area contributed by atoms with Gasteiger partial charge in [0.1, 0.15) is 6.61 Å². The van der Waals surface area contributed by atoms with Gasteiger partial charge in [-0.25, -0.2) is 4.79 Å². The highest BCUT2D eigenvalue weighted by Crippen LogP contribution is 2.15. The first-order valence-corrected chi connectivity index (χ1v) is 6.93. The summed E-state index contributed by atoms with van der Waals surface area (Å²) >= 11 is 0. The molecular formula is C15H19NO5. The minimum atomic E-state index is -0.877. The van der Waals surface area contributed by atoms with Crippen molar-refractivity contribution in [2.75, 3.05) is 19.8 Å². The summed E-state index contributed by atoms with van der Waals surface area (Å²) in [4.78, 5) is 24.3. The van der Waals surface area contributed by atoms with Crippen LogP contribution in [0, 0.1) is 0 Å². The van der Waals surface area contributed by atoms with Crippen LogP contribution in [0.1, 0.15) is 18.4 Å². The van der Waals surface area contributed by atoms with Gasteiger partial charge in [-0.1, -0.05) is 30.3 Å². The number of carbonyl (C=O) groups is 2. The van der Waals surface area contributed by atoms with E-state index in [-0.39, 0.29) is 19.1 Å². The molecule has 0 saturated carbocycles. The van der Waals surface area contributed by atoms with Gasteiger partial charge in [0.25, 0.3) is 0 Å². The van der Waals surface area contributed by atoms with Crippen LogP contribution < -0.4 is 0 Å². The van der Waals surface area contributed by atoms with Gasteiger partial charge in [-0.05, 0) is 12.0 Å². The number of ether oxygens (including phenoxy) is 2. The third-order valence-corrected chi connectivity index (χ3v) is 3.36. The second kappa shape index (κ2) is 7.64. The molecule has 21 heavy (non-hydrogen) atoms. The number of rotatable bonds is 5. The van der Waals surface area contributed by atoms with Gasteiger partial charge in [-0.15, -0.1) is 0 Å². The molecule has 0 aliphatic carbocycles. The van der Waals surface area contributed by atoms with Crippen molar-refractivity contribution < 1.29 is 24.2 Å². The number of benzene rings is 1. The highest BCUT2D eigenvalue weighted by Gasteiger charge is 2.28. The van der Waals surface area contributed by atoms with E-state index in [1.54, 1.807) is 4.90 Å². The van der Waals surface area contributed by atoms with Crippen molar-refractivity contribution in [3.8, 4) is 0 Å². The van der Waals surface area contributed by atoms with Crippen molar-refractivity contribution in [1.29, 1.82) is 0 Å². The highest BCUT2D eigenvalue weighted by atomic mass is 16.6. The molecule has 1 aliphatic heterocycles. The molecule has 1 aromatic rings. The van der Waals surface area contributed by atoms with E-state index in [1.807, 2.05) is 30.3 Å². The van der Waals surface area contributed by atoms with Crippen LogP contribution in [0.5, 0.6) is 0 Å². The zero-order valence-corrected chi connectivity index (χ0v) is 11.7. The summed E-state index contributed by atoms with van der Waals surface area (Å²) in [7, 11) is 0. The molecule has 1 N–H and O–H groups in total. The van der Waals surface area contributed by atoms with Gasteiger partial charge in [0.05, 0.1) is 19.3 Å². The van der Waals surface area contributed by atoms with Gasteiger partial charge in [0.15, 0.2) is 0 Å². The first kappa shape index (κ1) is 15.3. The monoisotopic (exact) mass is 293 g/mol. The van der Waals surface area contributed by atoms with Crippen molar-refractivity contribution in [1.82, 2.24) is 4.90 Å².